The highest BCUT2D eigenvalue weighted by Crippen LogP contribution is 2.30. The van der Waals surface area contributed by atoms with Gasteiger partial charge in [0.1, 0.15) is 17.1 Å². The minimum Gasteiger partial charge on any atom is -0.494 e. The van der Waals surface area contributed by atoms with Crippen LogP contribution in [0.4, 0.5) is 11.4 Å². The summed E-state index contributed by atoms with van der Waals surface area (Å²) in [6.45, 7) is 2.12. The predicted molar refractivity (Wildman–Crippen MR) is 80.0 cm³/mol. The van der Waals surface area contributed by atoms with Gasteiger partial charge in [0.05, 0.1) is 31.8 Å². The number of methoxy groups -OCH3 is 2. The van der Waals surface area contributed by atoms with Gasteiger partial charge in [-0.05, 0) is 13.0 Å². The number of nitrogens with zero attached hydrogens (tertiary/aromatic N) is 1. The molecule has 0 aliphatic heterocycles. The van der Waals surface area contributed by atoms with Crippen LogP contribution in [0.25, 0.3) is 0 Å². The first-order valence-electron chi connectivity index (χ1n) is 6.49. The second kappa shape index (κ2) is 8.37. The number of hydrogen-bond donors (Lipinski definition) is 1. The summed E-state index contributed by atoms with van der Waals surface area (Å²) in [6.07, 6.45) is 0.836. The highest BCUT2D eigenvalue weighted by molar-refractivity contribution is 5.99. The summed E-state index contributed by atoms with van der Waals surface area (Å²) in [6, 6.07) is 3.99. The number of esters is 2. The van der Waals surface area contributed by atoms with Crippen molar-refractivity contribution in [3.8, 4) is 5.75 Å². The standard InChI is InChI=1S/C14H16N2O7/c1-4-23-9-5-6-12(16(19)20)10(7-9)15-11(14(18)22-3)8-13(17)21-2/h5-8,15H,4H2,1-3H3/b11-8+. The topological polar surface area (TPSA) is 117 Å². The van der Waals surface area contributed by atoms with Gasteiger partial charge in [-0.25, -0.2) is 9.59 Å². The Labute approximate surface area is 132 Å². The fraction of sp³-hybridized carbons (Fsp3) is 0.286. The molecule has 0 unspecified atom stereocenters. The molecule has 0 amide bonds. The number of hydrogen-bond acceptors (Lipinski definition) is 8. The first-order chi connectivity index (χ1) is 10.9. The summed E-state index contributed by atoms with van der Waals surface area (Å²) in [7, 11) is 2.24. The molecular formula is C14H16N2O7. The molecule has 0 aromatic heterocycles. The first-order valence-corrected chi connectivity index (χ1v) is 6.49. The van der Waals surface area contributed by atoms with Gasteiger partial charge in [0.25, 0.3) is 5.69 Å². The molecule has 9 heteroatoms. The van der Waals surface area contributed by atoms with E-state index in [1.54, 1.807) is 6.92 Å². The lowest BCUT2D eigenvalue weighted by Gasteiger charge is -2.11. The quantitative estimate of drug-likeness (QED) is 0.348. The molecule has 1 rings (SSSR count). The van der Waals surface area contributed by atoms with Crippen LogP contribution < -0.4 is 10.1 Å². The van der Waals surface area contributed by atoms with E-state index in [0.717, 1.165) is 20.3 Å². The molecule has 124 valence electrons. The normalized spacial score (nSPS) is 10.7. The predicted octanol–water partition coefficient (Wildman–Crippen LogP) is 1.64. The third kappa shape index (κ3) is 4.99. The number of anilines is 1. The van der Waals surface area contributed by atoms with Crippen LogP contribution >= 0.6 is 0 Å². The fourth-order valence-corrected chi connectivity index (χ4v) is 1.61. The van der Waals surface area contributed by atoms with E-state index in [1.165, 1.54) is 18.2 Å². The number of nitro benzene ring substituents is 1. The molecule has 0 aliphatic carbocycles. The van der Waals surface area contributed by atoms with Gasteiger partial charge in [-0.15, -0.1) is 0 Å². The van der Waals surface area contributed by atoms with Crippen molar-refractivity contribution in [3.63, 3.8) is 0 Å². The third-order valence-corrected chi connectivity index (χ3v) is 2.61. The minimum absolute atomic E-state index is 0.0264. The van der Waals surface area contributed by atoms with Gasteiger partial charge in [-0.2, -0.15) is 0 Å². The first kappa shape index (κ1) is 18.0. The highest BCUT2D eigenvalue weighted by Gasteiger charge is 2.20. The SMILES string of the molecule is CCOc1ccc([N+](=O)[O-])c(N/C(=C/C(=O)OC)C(=O)OC)c1. The van der Waals surface area contributed by atoms with Crippen LogP contribution in [-0.4, -0.2) is 37.7 Å². The van der Waals surface area contributed by atoms with E-state index in [0.29, 0.717) is 12.4 Å². The summed E-state index contributed by atoms with van der Waals surface area (Å²) in [4.78, 5) is 33.5. The summed E-state index contributed by atoms with van der Waals surface area (Å²) in [5.41, 5.74) is -0.634. The molecule has 0 spiro atoms. The minimum atomic E-state index is -0.883. The van der Waals surface area contributed by atoms with Gasteiger partial charge < -0.3 is 19.5 Å². The highest BCUT2D eigenvalue weighted by atomic mass is 16.6. The molecule has 1 aromatic rings. The van der Waals surface area contributed by atoms with Crippen molar-refractivity contribution in [2.75, 3.05) is 26.1 Å². The van der Waals surface area contributed by atoms with Crippen molar-refractivity contribution in [3.05, 3.63) is 40.1 Å². The number of benzene rings is 1. The maximum absolute atomic E-state index is 11.7. The molecule has 0 fully saturated rings. The van der Waals surface area contributed by atoms with Crippen LogP contribution in [0.15, 0.2) is 30.0 Å². The van der Waals surface area contributed by atoms with Crippen LogP contribution in [0, 0.1) is 10.1 Å². The van der Waals surface area contributed by atoms with Crippen molar-refractivity contribution in [1.29, 1.82) is 0 Å². The van der Waals surface area contributed by atoms with Gasteiger partial charge in [0.2, 0.25) is 0 Å². The number of nitrogens with one attached hydrogen (secondary N) is 1. The molecule has 0 heterocycles. The smallest absolute Gasteiger partial charge is 0.354 e. The van der Waals surface area contributed by atoms with E-state index in [9.17, 15) is 19.7 Å². The lowest BCUT2D eigenvalue weighted by Crippen LogP contribution is -2.16. The Hall–Kier alpha value is -3.10. The van der Waals surface area contributed by atoms with E-state index in [-0.39, 0.29) is 17.1 Å². The Morgan fingerprint density at radius 1 is 1.30 bits per heavy atom. The number of carbonyl (C=O) groups is 2. The summed E-state index contributed by atoms with van der Waals surface area (Å²) >= 11 is 0. The molecule has 23 heavy (non-hydrogen) atoms. The summed E-state index contributed by atoms with van der Waals surface area (Å²) in [5.74, 6) is -1.34. The van der Waals surface area contributed by atoms with E-state index >= 15 is 0 Å². The Bertz CT molecular complexity index is 640. The lowest BCUT2D eigenvalue weighted by atomic mass is 10.2. The Morgan fingerprint density at radius 2 is 2.00 bits per heavy atom. The second-order valence-corrected chi connectivity index (χ2v) is 4.07. The summed E-state index contributed by atoms with van der Waals surface area (Å²) in [5, 5.41) is 13.6. The Morgan fingerprint density at radius 3 is 2.52 bits per heavy atom. The van der Waals surface area contributed by atoms with E-state index < -0.39 is 16.9 Å². The number of nitro groups is 1. The van der Waals surface area contributed by atoms with E-state index in [1.807, 2.05) is 0 Å². The lowest BCUT2D eigenvalue weighted by molar-refractivity contribution is -0.383. The number of rotatable bonds is 7. The van der Waals surface area contributed by atoms with Gasteiger partial charge in [0, 0.05) is 12.1 Å². The molecule has 1 N–H and O–H groups in total. The fourth-order valence-electron chi connectivity index (χ4n) is 1.61. The molecule has 0 atom stereocenters. The molecule has 1 aromatic carbocycles. The molecule has 0 bridgehead atoms. The van der Waals surface area contributed by atoms with Gasteiger partial charge in [-0.3, -0.25) is 10.1 Å². The molecule has 0 saturated heterocycles. The number of ether oxygens (including phenoxy) is 3. The van der Waals surface area contributed by atoms with E-state index in [2.05, 4.69) is 14.8 Å². The van der Waals surface area contributed by atoms with Crippen molar-refractivity contribution < 1.29 is 28.7 Å². The average molecular weight is 324 g/mol. The zero-order chi connectivity index (χ0) is 17.4. The average Bonchev–Trinajstić information content (AvgIpc) is 2.53. The molecule has 0 radical (unpaired) electrons. The number of carbonyl (C=O) groups excluding carboxylic acids is 2. The van der Waals surface area contributed by atoms with Crippen molar-refractivity contribution >= 4 is 23.3 Å². The zero-order valence-electron chi connectivity index (χ0n) is 12.8. The van der Waals surface area contributed by atoms with E-state index in [4.69, 9.17) is 4.74 Å². The van der Waals surface area contributed by atoms with Crippen LogP contribution in [0.5, 0.6) is 5.75 Å². The molecule has 0 aliphatic rings. The molecule has 9 nitrogen and oxygen atoms in total. The molecule has 0 saturated carbocycles. The second-order valence-electron chi connectivity index (χ2n) is 4.07. The van der Waals surface area contributed by atoms with Crippen LogP contribution in [0.2, 0.25) is 0 Å². The Kier molecular flexibility index (Phi) is 6.53. The Balaban J connectivity index is 3.27. The van der Waals surface area contributed by atoms with Crippen molar-refractivity contribution in [2.45, 2.75) is 6.92 Å². The monoisotopic (exact) mass is 324 g/mol. The largest absolute Gasteiger partial charge is 0.494 e. The van der Waals surface area contributed by atoms with Crippen molar-refractivity contribution in [1.82, 2.24) is 0 Å². The maximum Gasteiger partial charge on any atom is 0.354 e. The third-order valence-electron chi connectivity index (χ3n) is 2.61. The maximum atomic E-state index is 11.7. The van der Waals surface area contributed by atoms with Gasteiger partial charge in [-0.1, -0.05) is 0 Å². The summed E-state index contributed by atoms with van der Waals surface area (Å²) < 4.78 is 14.2. The van der Waals surface area contributed by atoms with Gasteiger partial charge in [0.15, 0.2) is 0 Å². The van der Waals surface area contributed by atoms with Crippen LogP contribution in [-0.2, 0) is 19.1 Å². The van der Waals surface area contributed by atoms with Crippen LogP contribution in [0.3, 0.4) is 0 Å². The van der Waals surface area contributed by atoms with Crippen molar-refractivity contribution in [2.24, 2.45) is 0 Å². The molecular weight excluding hydrogens is 308 g/mol. The van der Waals surface area contributed by atoms with Gasteiger partial charge >= 0.3 is 11.9 Å². The zero-order valence-corrected chi connectivity index (χ0v) is 12.8. The van der Waals surface area contributed by atoms with Crippen LogP contribution in [0.1, 0.15) is 6.92 Å².